The molecule has 0 unspecified atom stereocenters. The zero-order chi connectivity index (χ0) is 22.2. The fraction of sp³-hybridized carbons (Fsp3) is 0.304. The third kappa shape index (κ3) is 4.40. The summed E-state index contributed by atoms with van der Waals surface area (Å²) in [5, 5.41) is 4.75. The van der Waals surface area contributed by atoms with E-state index >= 15 is 0 Å². The summed E-state index contributed by atoms with van der Waals surface area (Å²) < 4.78 is 26.7. The number of aryl methyl sites for hydroxylation is 2. The molecule has 0 saturated carbocycles. The summed E-state index contributed by atoms with van der Waals surface area (Å²) >= 11 is 0. The van der Waals surface area contributed by atoms with E-state index in [4.69, 9.17) is 5.10 Å². The lowest BCUT2D eigenvalue weighted by molar-refractivity contribution is 0.0699. The summed E-state index contributed by atoms with van der Waals surface area (Å²) in [7, 11) is -3.25. The Morgan fingerprint density at radius 1 is 0.935 bits per heavy atom. The Hall–Kier alpha value is -2.97. The van der Waals surface area contributed by atoms with Gasteiger partial charge < -0.3 is 4.90 Å². The molecule has 1 amide bonds. The van der Waals surface area contributed by atoms with E-state index in [1.54, 1.807) is 15.8 Å². The molecule has 1 aromatic heterocycles. The van der Waals surface area contributed by atoms with Crippen LogP contribution in [0.3, 0.4) is 0 Å². The monoisotopic (exact) mass is 438 g/mol. The standard InChI is InChI=1S/C23H26N4O3S/c1-17-9-10-19(15-18(17)2)22-21(16-27(24-22)20-7-5-4-6-8-20)23(28)25-11-13-26(14-12-25)31(3,29)30/h4-10,15-16H,11-14H2,1-3H3. The molecule has 0 spiro atoms. The molecular weight excluding hydrogens is 412 g/mol. The lowest BCUT2D eigenvalue weighted by Gasteiger charge is -2.33. The summed E-state index contributed by atoms with van der Waals surface area (Å²) in [5.41, 5.74) is 5.20. The molecule has 1 aliphatic rings. The van der Waals surface area contributed by atoms with Gasteiger partial charge in [0.05, 0.1) is 17.5 Å². The van der Waals surface area contributed by atoms with Gasteiger partial charge in [-0.1, -0.05) is 30.3 Å². The minimum absolute atomic E-state index is 0.136. The number of sulfonamides is 1. The van der Waals surface area contributed by atoms with Gasteiger partial charge in [0.15, 0.2) is 0 Å². The number of amides is 1. The second kappa shape index (κ2) is 8.28. The molecular formula is C23H26N4O3S. The molecule has 1 aliphatic heterocycles. The van der Waals surface area contributed by atoms with Crippen molar-refractivity contribution < 1.29 is 13.2 Å². The number of piperazine rings is 1. The van der Waals surface area contributed by atoms with E-state index in [0.717, 1.165) is 16.8 Å². The van der Waals surface area contributed by atoms with Crippen LogP contribution in [0.5, 0.6) is 0 Å². The lowest BCUT2D eigenvalue weighted by atomic mass is 10.0. The van der Waals surface area contributed by atoms with Crippen LogP contribution in [0.15, 0.2) is 54.7 Å². The molecule has 0 N–H and O–H groups in total. The average molecular weight is 439 g/mol. The average Bonchev–Trinajstić information content (AvgIpc) is 3.21. The van der Waals surface area contributed by atoms with Gasteiger partial charge in [-0.2, -0.15) is 9.40 Å². The van der Waals surface area contributed by atoms with Crippen molar-refractivity contribution >= 4 is 15.9 Å². The molecule has 7 nitrogen and oxygen atoms in total. The molecule has 2 heterocycles. The first kappa shape index (κ1) is 21.3. The highest BCUT2D eigenvalue weighted by Crippen LogP contribution is 2.27. The maximum atomic E-state index is 13.5. The van der Waals surface area contributed by atoms with Crippen LogP contribution < -0.4 is 0 Å². The summed E-state index contributed by atoms with van der Waals surface area (Å²) in [6.07, 6.45) is 2.97. The molecule has 0 aliphatic carbocycles. The second-order valence-corrected chi connectivity index (χ2v) is 9.91. The molecule has 4 rings (SSSR count). The van der Waals surface area contributed by atoms with Gasteiger partial charge in [0, 0.05) is 37.9 Å². The van der Waals surface area contributed by atoms with Crippen LogP contribution in [-0.2, 0) is 10.0 Å². The SMILES string of the molecule is Cc1ccc(-c2nn(-c3ccccc3)cc2C(=O)N2CCN(S(C)(=O)=O)CC2)cc1C. The normalized spacial score (nSPS) is 15.3. The van der Waals surface area contributed by atoms with Crippen molar-refractivity contribution in [3.05, 3.63) is 71.4 Å². The van der Waals surface area contributed by atoms with E-state index in [2.05, 4.69) is 6.92 Å². The molecule has 0 atom stereocenters. The molecule has 8 heteroatoms. The second-order valence-electron chi connectivity index (χ2n) is 7.92. The Bertz CT molecular complexity index is 1210. The third-order valence-electron chi connectivity index (χ3n) is 5.74. The van der Waals surface area contributed by atoms with Gasteiger partial charge >= 0.3 is 0 Å². The maximum Gasteiger partial charge on any atom is 0.257 e. The number of benzene rings is 2. The first-order chi connectivity index (χ1) is 14.7. The fourth-order valence-electron chi connectivity index (χ4n) is 3.74. The molecule has 0 bridgehead atoms. The Kier molecular flexibility index (Phi) is 5.68. The van der Waals surface area contributed by atoms with Gasteiger partial charge in [0.25, 0.3) is 5.91 Å². The van der Waals surface area contributed by atoms with Gasteiger partial charge in [-0.05, 0) is 43.2 Å². The van der Waals surface area contributed by atoms with E-state index in [1.807, 2.05) is 55.5 Å². The van der Waals surface area contributed by atoms with Gasteiger partial charge in [-0.15, -0.1) is 0 Å². The van der Waals surface area contributed by atoms with Crippen LogP contribution in [0.1, 0.15) is 21.5 Å². The van der Waals surface area contributed by atoms with Crippen molar-refractivity contribution in [1.29, 1.82) is 0 Å². The van der Waals surface area contributed by atoms with Crippen LogP contribution >= 0.6 is 0 Å². The van der Waals surface area contributed by atoms with Crippen LogP contribution in [0.4, 0.5) is 0 Å². The van der Waals surface area contributed by atoms with Gasteiger partial charge in [0.1, 0.15) is 5.69 Å². The molecule has 1 saturated heterocycles. The van der Waals surface area contributed by atoms with Gasteiger partial charge in [0.2, 0.25) is 10.0 Å². The number of para-hydroxylation sites is 1. The summed E-state index contributed by atoms with van der Waals surface area (Å²) in [6.45, 7) is 5.41. The number of carbonyl (C=O) groups is 1. The highest BCUT2D eigenvalue weighted by Gasteiger charge is 2.29. The van der Waals surface area contributed by atoms with Crippen molar-refractivity contribution in [1.82, 2.24) is 19.0 Å². The summed E-state index contributed by atoms with van der Waals surface area (Å²) in [5.74, 6) is -0.136. The zero-order valence-electron chi connectivity index (χ0n) is 17.9. The molecule has 31 heavy (non-hydrogen) atoms. The van der Waals surface area contributed by atoms with Crippen LogP contribution in [-0.4, -0.2) is 65.7 Å². The van der Waals surface area contributed by atoms with Crippen molar-refractivity contribution in [3.63, 3.8) is 0 Å². The molecule has 1 fully saturated rings. The lowest BCUT2D eigenvalue weighted by Crippen LogP contribution is -2.50. The summed E-state index contributed by atoms with van der Waals surface area (Å²) in [4.78, 5) is 15.2. The number of aromatic nitrogens is 2. The highest BCUT2D eigenvalue weighted by atomic mass is 32.2. The number of hydrogen-bond donors (Lipinski definition) is 0. The van der Waals surface area contributed by atoms with Crippen LogP contribution in [0.2, 0.25) is 0 Å². The Morgan fingerprint density at radius 3 is 2.23 bits per heavy atom. The predicted molar refractivity (Wildman–Crippen MR) is 121 cm³/mol. The third-order valence-corrected chi connectivity index (χ3v) is 7.04. The minimum Gasteiger partial charge on any atom is -0.336 e. The van der Waals surface area contributed by atoms with Crippen molar-refractivity contribution in [3.8, 4) is 16.9 Å². The van der Waals surface area contributed by atoms with Crippen LogP contribution in [0.25, 0.3) is 16.9 Å². The molecule has 3 aromatic rings. The summed E-state index contributed by atoms with van der Waals surface area (Å²) in [6, 6.07) is 15.7. The number of rotatable bonds is 4. The smallest absolute Gasteiger partial charge is 0.257 e. The number of nitrogens with zero attached hydrogens (tertiary/aromatic N) is 4. The zero-order valence-corrected chi connectivity index (χ0v) is 18.8. The van der Waals surface area contributed by atoms with E-state index in [9.17, 15) is 13.2 Å². The highest BCUT2D eigenvalue weighted by molar-refractivity contribution is 7.88. The quantitative estimate of drug-likeness (QED) is 0.628. The number of hydrogen-bond acceptors (Lipinski definition) is 4. The predicted octanol–water partition coefficient (Wildman–Crippen LogP) is 2.87. The largest absolute Gasteiger partial charge is 0.336 e. The van der Waals surface area contributed by atoms with Gasteiger partial charge in [-0.3, -0.25) is 4.79 Å². The van der Waals surface area contributed by atoms with Crippen molar-refractivity contribution in [2.75, 3.05) is 32.4 Å². The van der Waals surface area contributed by atoms with E-state index < -0.39 is 10.0 Å². The topological polar surface area (TPSA) is 75.5 Å². The molecule has 2 aromatic carbocycles. The van der Waals surface area contributed by atoms with E-state index in [-0.39, 0.29) is 5.91 Å². The van der Waals surface area contributed by atoms with Crippen molar-refractivity contribution in [2.24, 2.45) is 0 Å². The molecule has 0 radical (unpaired) electrons. The van der Waals surface area contributed by atoms with Crippen molar-refractivity contribution in [2.45, 2.75) is 13.8 Å². The Labute approximate surface area is 183 Å². The minimum atomic E-state index is -3.25. The maximum absolute atomic E-state index is 13.5. The number of carbonyl (C=O) groups excluding carboxylic acids is 1. The van der Waals surface area contributed by atoms with Crippen LogP contribution in [0, 0.1) is 13.8 Å². The Balaban J connectivity index is 1.71. The first-order valence-corrected chi connectivity index (χ1v) is 12.1. The molecule has 162 valence electrons. The van der Waals surface area contributed by atoms with E-state index in [0.29, 0.717) is 37.4 Å². The van der Waals surface area contributed by atoms with E-state index in [1.165, 1.54) is 16.1 Å². The fourth-order valence-corrected chi connectivity index (χ4v) is 4.57. The Morgan fingerprint density at radius 2 is 1.61 bits per heavy atom. The van der Waals surface area contributed by atoms with Gasteiger partial charge in [-0.25, -0.2) is 13.1 Å². The first-order valence-electron chi connectivity index (χ1n) is 10.2.